The molecule has 1 saturated carbocycles. The summed E-state index contributed by atoms with van der Waals surface area (Å²) in [6.07, 6.45) is 6.96. The number of fused-ring (bicyclic) bond motifs is 1. The lowest BCUT2D eigenvalue weighted by Gasteiger charge is -2.08. The minimum absolute atomic E-state index is 0.359. The molecule has 0 N–H and O–H groups in total. The van der Waals surface area contributed by atoms with Crippen molar-refractivity contribution in [3.05, 3.63) is 48.9 Å². The first-order valence-electron chi connectivity index (χ1n) is 7.52. The average molecular weight is 308 g/mol. The maximum absolute atomic E-state index is 11.8. The van der Waals surface area contributed by atoms with E-state index in [2.05, 4.69) is 16.7 Å². The van der Waals surface area contributed by atoms with Crippen LogP contribution in [0.5, 0.6) is 5.75 Å². The molecule has 0 spiro atoms. The van der Waals surface area contributed by atoms with E-state index in [1.54, 1.807) is 10.9 Å². The van der Waals surface area contributed by atoms with Gasteiger partial charge in [0.15, 0.2) is 11.6 Å². The maximum atomic E-state index is 11.8. The molecule has 1 fully saturated rings. The third-order valence-electron chi connectivity index (χ3n) is 4.01. The molecule has 1 aliphatic rings. The number of rotatable bonds is 4. The molecule has 23 heavy (non-hydrogen) atoms. The Kier molecular flexibility index (Phi) is 3.04. The Morgan fingerprint density at radius 2 is 2.26 bits per heavy atom. The number of hydrogen-bond acceptors (Lipinski definition) is 4. The normalized spacial score (nSPS) is 14.1. The Bertz CT molecular complexity index is 918. The van der Waals surface area contributed by atoms with Gasteiger partial charge in [-0.25, -0.2) is 14.5 Å². The highest BCUT2D eigenvalue weighted by Gasteiger charge is 2.34. The minimum Gasteiger partial charge on any atom is -0.417 e. The molecule has 6 nitrogen and oxygen atoms in total. The summed E-state index contributed by atoms with van der Waals surface area (Å²) in [4.78, 5) is 16.2. The number of pyridine rings is 1. The zero-order chi connectivity index (χ0) is 16.0. The van der Waals surface area contributed by atoms with E-state index < -0.39 is 5.97 Å². The minimum atomic E-state index is -0.481. The summed E-state index contributed by atoms with van der Waals surface area (Å²) in [7, 11) is 1.85. The van der Waals surface area contributed by atoms with Crippen LogP contribution in [-0.2, 0) is 11.8 Å². The van der Waals surface area contributed by atoms with Crippen molar-refractivity contribution in [3.8, 4) is 11.6 Å². The highest BCUT2D eigenvalue weighted by Crippen LogP contribution is 2.46. The van der Waals surface area contributed by atoms with Gasteiger partial charge in [-0.3, -0.25) is 4.57 Å². The zero-order valence-corrected chi connectivity index (χ0v) is 12.8. The van der Waals surface area contributed by atoms with Crippen molar-refractivity contribution in [2.75, 3.05) is 0 Å². The molecule has 0 amide bonds. The summed E-state index contributed by atoms with van der Waals surface area (Å²) in [5, 5.41) is 5.60. The zero-order valence-electron chi connectivity index (χ0n) is 12.8. The third-order valence-corrected chi connectivity index (χ3v) is 4.01. The van der Waals surface area contributed by atoms with Crippen molar-refractivity contribution in [3.63, 3.8) is 0 Å². The van der Waals surface area contributed by atoms with Crippen LogP contribution in [0.25, 0.3) is 16.9 Å². The maximum Gasteiger partial charge on any atom is 0.335 e. The predicted molar refractivity (Wildman–Crippen MR) is 85.6 cm³/mol. The van der Waals surface area contributed by atoms with Crippen molar-refractivity contribution in [2.24, 2.45) is 7.05 Å². The molecule has 6 heteroatoms. The van der Waals surface area contributed by atoms with Crippen LogP contribution in [0.1, 0.15) is 24.5 Å². The topological polar surface area (TPSA) is 61.9 Å². The van der Waals surface area contributed by atoms with Crippen molar-refractivity contribution in [1.29, 1.82) is 0 Å². The lowest BCUT2D eigenvalue weighted by molar-refractivity contribution is -0.129. The molecule has 4 rings (SSSR count). The average Bonchev–Trinajstić information content (AvgIpc) is 3.25. The number of nitrogens with zero attached hydrogens (tertiary/aromatic N) is 4. The quantitative estimate of drug-likeness (QED) is 0.549. The SMILES string of the molecule is C=CC(=O)Oc1c(C2CC2)nn(C)c1-n1ccc2cccnc21. The number of esters is 1. The Labute approximate surface area is 133 Å². The molecule has 0 bridgehead atoms. The second-order valence-corrected chi connectivity index (χ2v) is 5.66. The van der Waals surface area contributed by atoms with Gasteiger partial charge in [0.25, 0.3) is 0 Å². The summed E-state index contributed by atoms with van der Waals surface area (Å²) in [6.45, 7) is 3.48. The van der Waals surface area contributed by atoms with E-state index in [1.165, 1.54) is 6.08 Å². The molecule has 0 radical (unpaired) electrons. The van der Waals surface area contributed by atoms with Gasteiger partial charge < -0.3 is 4.74 Å². The second kappa shape index (κ2) is 5.08. The van der Waals surface area contributed by atoms with E-state index >= 15 is 0 Å². The van der Waals surface area contributed by atoms with Crippen molar-refractivity contribution in [1.82, 2.24) is 19.3 Å². The van der Waals surface area contributed by atoms with Crippen molar-refractivity contribution in [2.45, 2.75) is 18.8 Å². The summed E-state index contributed by atoms with van der Waals surface area (Å²) < 4.78 is 9.18. The van der Waals surface area contributed by atoms with Gasteiger partial charge in [0.05, 0.1) is 0 Å². The molecule has 0 aliphatic heterocycles. The number of ether oxygens (including phenoxy) is 1. The van der Waals surface area contributed by atoms with Gasteiger partial charge >= 0.3 is 5.97 Å². The van der Waals surface area contributed by atoms with Crippen LogP contribution in [0, 0.1) is 0 Å². The second-order valence-electron chi connectivity index (χ2n) is 5.66. The highest BCUT2D eigenvalue weighted by molar-refractivity contribution is 5.85. The highest BCUT2D eigenvalue weighted by atomic mass is 16.5. The Balaban J connectivity index is 1.93. The molecule has 116 valence electrons. The number of aryl methyl sites for hydroxylation is 1. The van der Waals surface area contributed by atoms with E-state index in [4.69, 9.17) is 4.74 Å². The molecule has 3 aromatic heterocycles. The fourth-order valence-electron chi connectivity index (χ4n) is 2.78. The van der Waals surface area contributed by atoms with Crippen LogP contribution in [0.15, 0.2) is 43.2 Å². The summed E-state index contributed by atoms with van der Waals surface area (Å²) >= 11 is 0. The van der Waals surface area contributed by atoms with Crippen LogP contribution in [0.2, 0.25) is 0 Å². The fourth-order valence-corrected chi connectivity index (χ4v) is 2.78. The first-order valence-corrected chi connectivity index (χ1v) is 7.52. The summed E-state index contributed by atoms with van der Waals surface area (Å²) in [5.41, 5.74) is 1.63. The lowest BCUT2D eigenvalue weighted by atomic mass is 10.2. The smallest absolute Gasteiger partial charge is 0.335 e. The molecule has 0 aromatic carbocycles. The van der Waals surface area contributed by atoms with E-state index in [9.17, 15) is 4.79 Å². The van der Waals surface area contributed by atoms with Crippen LogP contribution in [-0.4, -0.2) is 25.3 Å². The predicted octanol–water partition coefficient (Wildman–Crippen LogP) is 2.73. The Morgan fingerprint density at radius 1 is 1.43 bits per heavy atom. The molecule has 3 aromatic rings. The van der Waals surface area contributed by atoms with Crippen LogP contribution in [0.4, 0.5) is 0 Å². The standard InChI is InChI=1S/C17H16N4O2/c1-3-13(22)23-15-14(11-6-7-11)19-20(2)17(15)21-10-8-12-5-4-9-18-16(12)21/h3-5,8-11H,1,6-7H2,2H3. The van der Waals surface area contributed by atoms with Crippen LogP contribution < -0.4 is 4.74 Å². The monoisotopic (exact) mass is 308 g/mol. The van der Waals surface area contributed by atoms with E-state index in [0.717, 1.165) is 29.6 Å². The largest absolute Gasteiger partial charge is 0.417 e. The molecule has 1 aliphatic carbocycles. The van der Waals surface area contributed by atoms with Crippen LogP contribution >= 0.6 is 0 Å². The molecule has 0 atom stereocenters. The third kappa shape index (κ3) is 2.23. The van der Waals surface area contributed by atoms with Gasteiger partial charge in [0, 0.05) is 36.8 Å². The Morgan fingerprint density at radius 3 is 3.00 bits per heavy atom. The molecule has 0 unspecified atom stereocenters. The van der Waals surface area contributed by atoms with E-state index in [1.807, 2.05) is 36.0 Å². The summed E-state index contributed by atoms with van der Waals surface area (Å²) in [6, 6.07) is 5.86. The van der Waals surface area contributed by atoms with Gasteiger partial charge in [-0.1, -0.05) is 6.58 Å². The van der Waals surface area contributed by atoms with Gasteiger partial charge in [0.2, 0.25) is 0 Å². The van der Waals surface area contributed by atoms with Crippen molar-refractivity contribution >= 4 is 17.0 Å². The molecular weight excluding hydrogens is 292 g/mol. The fraction of sp³-hybridized carbons (Fsp3) is 0.235. The Hall–Kier alpha value is -2.89. The summed E-state index contributed by atoms with van der Waals surface area (Å²) in [5.74, 6) is 1.08. The molecular formula is C17H16N4O2. The van der Waals surface area contributed by atoms with Crippen LogP contribution in [0.3, 0.4) is 0 Å². The molecule has 0 saturated heterocycles. The van der Waals surface area contributed by atoms with E-state index in [0.29, 0.717) is 17.5 Å². The number of hydrogen-bond donors (Lipinski definition) is 0. The van der Waals surface area contributed by atoms with Crippen molar-refractivity contribution < 1.29 is 9.53 Å². The van der Waals surface area contributed by atoms with Gasteiger partial charge in [-0.05, 0) is 31.0 Å². The molecule has 3 heterocycles. The van der Waals surface area contributed by atoms with Gasteiger partial charge in [-0.2, -0.15) is 5.10 Å². The van der Waals surface area contributed by atoms with Gasteiger partial charge in [0.1, 0.15) is 11.3 Å². The number of carbonyl (C=O) groups is 1. The number of aromatic nitrogens is 4. The lowest BCUT2D eigenvalue weighted by Crippen LogP contribution is -2.08. The van der Waals surface area contributed by atoms with Gasteiger partial charge in [-0.15, -0.1) is 0 Å². The van der Waals surface area contributed by atoms with E-state index in [-0.39, 0.29) is 0 Å². The first-order chi connectivity index (χ1) is 11.2. The number of carbonyl (C=O) groups excluding carboxylic acids is 1. The first kappa shape index (κ1) is 13.8.